The normalized spacial score (nSPS) is 15.9. The number of aliphatic imine (C=N–C) groups is 2. The first-order valence-electron chi connectivity index (χ1n) is 1.93. The molecule has 7 heavy (non-hydrogen) atoms. The van der Waals surface area contributed by atoms with Gasteiger partial charge in [0.15, 0.2) is 0 Å². The minimum absolute atomic E-state index is 0. The molecule has 1 rings (SSSR count). The maximum absolute atomic E-state index is 3.93. The summed E-state index contributed by atoms with van der Waals surface area (Å²) in [5, 5.41) is 0. The van der Waals surface area contributed by atoms with Gasteiger partial charge in [0.1, 0.15) is 5.84 Å². The summed E-state index contributed by atoms with van der Waals surface area (Å²) in [6.07, 6.45) is 1.80. The van der Waals surface area contributed by atoms with Crippen molar-refractivity contribution in [2.75, 3.05) is 6.54 Å². The van der Waals surface area contributed by atoms with E-state index in [9.17, 15) is 0 Å². The van der Waals surface area contributed by atoms with Crippen molar-refractivity contribution in [3.8, 4) is 0 Å². The van der Waals surface area contributed by atoms with Crippen LogP contribution in [0.15, 0.2) is 9.98 Å². The van der Waals surface area contributed by atoms with E-state index in [0.717, 1.165) is 12.4 Å². The molecular weight excluding hydrogens is 99.0 g/mol. The van der Waals surface area contributed by atoms with Gasteiger partial charge >= 0.3 is 29.6 Å². The monoisotopic (exact) mass is 106 g/mol. The zero-order chi connectivity index (χ0) is 4.41. The summed E-state index contributed by atoms with van der Waals surface area (Å²) in [5.74, 6) is 0.898. The van der Waals surface area contributed by atoms with Crippen LogP contribution in [-0.4, -0.2) is 48.2 Å². The number of hydrogen-bond donors (Lipinski definition) is 0. The van der Waals surface area contributed by atoms with Crippen molar-refractivity contribution in [3.63, 3.8) is 0 Å². The Morgan fingerprint density at radius 1 is 1.71 bits per heavy atom. The van der Waals surface area contributed by atoms with E-state index in [1.54, 1.807) is 6.21 Å². The molecule has 0 amide bonds. The van der Waals surface area contributed by atoms with Gasteiger partial charge in [-0.25, -0.2) is 4.99 Å². The third-order valence-electron chi connectivity index (χ3n) is 0.680. The molecule has 0 aliphatic carbocycles. The van der Waals surface area contributed by atoms with Crippen LogP contribution in [0.1, 0.15) is 6.92 Å². The summed E-state index contributed by atoms with van der Waals surface area (Å²) in [6.45, 7) is 2.68. The first-order chi connectivity index (χ1) is 2.89. The Kier molecular flexibility index (Phi) is 3.52. The van der Waals surface area contributed by atoms with E-state index in [1.807, 2.05) is 6.92 Å². The van der Waals surface area contributed by atoms with Crippen LogP contribution in [0.5, 0.6) is 0 Å². The van der Waals surface area contributed by atoms with Gasteiger partial charge in [-0.1, -0.05) is 0 Å². The van der Waals surface area contributed by atoms with Gasteiger partial charge in [-0.05, 0) is 6.92 Å². The maximum atomic E-state index is 3.93. The molecular formula is C4H7N2Na. The second-order valence-corrected chi connectivity index (χ2v) is 1.20. The number of hydrogen-bond acceptors (Lipinski definition) is 2. The summed E-state index contributed by atoms with van der Waals surface area (Å²) in [6, 6.07) is 0. The molecule has 1 aliphatic rings. The fourth-order valence-corrected chi connectivity index (χ4v) is 0.387. The van der Waals surface area contributed by atoms with Crippen LogP contribution in [0.2, 0.25) is 0 Å². The molecule has 0 aromatic heterocycles. The summed E-state index contributed by atoms with van der Waals surface area (Å²) in [4.78, 5) is 7.79. The summed E-state index contributed by atoms with van der Waals surface area (Å²) in [5.41, 5.74) is 0. The summed E-state index contributed by atoms with van der Waals surface area (Å²) >= 11 is 0. The van der Waals surface area contributed by atoms with Gasteiger partial charge in [0.2, 0.25) is 0 Å². The van der Waals surface area contributed by atoms with E-state index in [-0.39, 0.29) is 29.6 Å². The van der Waals surface area contributed by atoms with Gasteiger partial charge < -0.3 is 0 Å². The molecule has 0 atom stereocenters. The quantitative estimate of drug-likeness (QED) is 0.383. The van der Waals surface area contributed by atoms with Crippen molar-refractivity contribution in [1.29, 1.82) is 0 Å². The van der Waals surface area contributed by atoms with E-state index in [1.165, 1.54) is 0 Å². The van der Waals surface area contributed by atoms with E-state index in [4.69, 9.17) is 0 Å². The van der Waals surface area contributed by atoms with Crippen LogP contribution < -0.4 is 0 Å². The summed E-state index contributed by atoms with van der Waals surface area (Å²) in [7, 11) is 0. The van der Waals surface area contributed by atoms with Crippen molar-refractivity contribution in [2.45, 2.75) is 6.92 Å². The molecule has 3 heteroatoms. The van der Waals surface area contributed by atoms with Crippen molar-refractivity contribution in [1.82, 2.24) is 0 Å². The third-order valence-corrected chi connectivity index (χ3v) is 0.680. The molecule has 0 aromatic rings. The second kappa shape index (κ2) is 3.36. The molecule has 0 unspecified atom stereocenters. The van der Waals surface area contributed by atoms with Crippen LogP contribution in [-0.2, 0) is 0 Å². The fourth-order valence-electron chi connectivity index (χ4n) is 0.387. The van der Waals surface area contributed by atoms with E-state index >= 15 is 0 Å². The zero-order valence-corrected chi connectivity index (χ0v) is 3.68. The Morgan fingerprint density at radius 2 is 2.43 bits per heavy atom. The van der Waals surface area contributed by atoms with Crippen molar-refractivity contribution in [3.05, 3.63) is 0 Å². The first-order valence-corrected chi connectivity index (χ1v) is 1.93. The van der Waals surface area contributed by atoms with Crippen LogP contribution in [0, 0.1) is 0 Å². The predicted molar refractivity (Wildman–Crippen MR) is 33.6 cm³/mol. The Bertz CT molecular complexity index is 104. The average molecular weight is 106 g/mol. The van der Waals surface area contributed by atoms with Crippen molar-refractivity contribution >= 4 is 41.6 Å². The van der Waals surface area contributed by atoms with Crippen molar-refractivity contribution in [2.24, 2.45) is 9.98 Å². The van der Waals surface area contributed by atoms with E-state index in [2.05, 4.69) is 9.98 Å². The molecule has 0 saturated carbocycles. The molecule has 0 saturated heterocycles. The molecule has 0 spiro atoms. The van der Waals surface area contributed by atoms with Crippen LogP contribution in [0.25, 0.3) is 0 Å². The van der Waals surface area contributed by atoms with Crippen LogP contribution in [0.3, 0.4) is 0 Å². The van der Waals surface area contributed by atoms with Gasteiger partial charge in [-0.2, -0.15) is 0 Å². The average Bonchev–Trinajstić information content (AvgIpc) is 1.86. The number of rotatable bonds is 0. The molecule has 34 valence electrons. The Labute approximate surface area is 65.0 Å². The number of nitrogens with zero attached hydrogens (tertiary/aromatic N) is 2. The van der Waals surface area contributed by atoms with Crippen LogP contribution >= 0.6 is 0 Å². The van der Waals surface area contributed by atoms with E-state index in [0.29, 0.717) is 0 Å². The molecule has 0 N–H and O–H groups in total. The Morgan fingerprint density at radius 3 is 2.57 bits per heavy atom. The van der Waals surface area contributed by atoms with Gasteiger partial charge in [0, 0.05) is 6.21 Å². The van der Waals surface area contributed by atoms with Gasteiger partial charge in [-0.15, -0.1) is 0 Å². The van der Waals surface area contributed by atoms with Crippen molar-refractivity contribution < 1.29 is 0 Å². The molecule has 0 aromatic carbocycles. The van der Waals surface area contributed by atoms with E-state index < -0.39 is 0 Å². The Hall–Kier alpha value is 0.340. The number of amidine groups is 1. The van der Waals surface area contributed by atoms with Gasteiger partial charge in [-0.3, -0.25) is 4.99 Å². The van der Waals surface area contributed by atoms with Gasteiger partial charge in [0.05, 0.1) is 6.54 Å². The topological polar surface area (TPSA) is 24.7 Å². The van der Waals surface area contributed by atoms with Crippen LogP contribution in [0.4, 0.5) is 0 Å². The Balaban J connectivity index is 0.000000360. The standard InChI is InChI=1S/C4H6N2.Na.H/c1-4-5-2-3-6-4;;/h2H,3H2,1H3;;. The predicted octanol–water partition coefficient (Wildman–Crippen LogP) is -0.159. The third kappa shape index (κ3) is 2.22. The summed E-state index contributed by atoms with van der Waals surface area (Å²) < 4.78 is 0. The molecule has 0 radical (unpaired) electrons. The molecule has 1 aliphatic heterocycles. The van der Waals surface area contributed by atoms with Gasteiger partial charge in [0.25, 0.3) is 0 Å². The molecule has 2 nitrogen and oxygen atoms in total. The second-order valence-electron chi connectivity index (χ2n) is 1.20. The first kappa shape index (κ1) is 7.34. The molecule has 0 bridgehead atoms. The fraction of sp³-hybridized carbons (Fsp3) is 0.500. The zero-order valence-electron chi connectivity index (χ0n) is 3.68. The molecule has 0 fully saturated rings. The molecule has 1 heterocycles. The minimum atomic E-state index is 0. The SMILES string of the molecule is CC1=NCC=N1.[NaH].